The van der Waals surface area contributed by atoms with E-state index in [9.17, 15) is 9.90 Å². The van der Waals surface area contributed by atoms with Gasteiger partial charge in [0, 0.05) is 18.6 Å². The number of carbonyl (C=O) groups is 1. The molecular weight excluding hydrogens is 276 g/mol. The van der Waals surface area contributed by atoms with Crippen molar-refractivity contribution in [3.8, 4) is 0 Å². The van der Waals surface area contributed by atoms with Gasteiger partial charge in [-0.2, -0.15) is 0 Å². The molecular formula is C18H28N2O2. The SMILES string of the molecule is Cc1ccccc1CCNC(=O)CN1C(C)CCCC1CO. The highest BCUT2D eigenvalue weighted by Crippen LogP contribution is 2.21. The van der Waals surface area contributed by atoms with Gasteiger partial charge in [0.25, 0.3) is 0 Å². The van der Waals surface area contributed by atoms with Crippen molar-refractivity contribution < 1.29 is 9.90 Å². The molecule has 1 aliphatic heterocycles. The molecule has 1 aliphatic rings. The number of hydrogen-bond acceptors (Lipinski definition) is 3. The van der Waals surface area contributed by atoms with E-state index in [0.717, 1.165) is 25.7 Å². The molecule has 1 aromatic carbocycles. The van der Waals surface area contributed by atoms with Crippen LogP contribution in [-0.2, 0) is 11.2 Å². The van der Waals surface area contributed by atoms with Crippen LogP contribution in [0.15, 0.2) is 24.3 Å². The Morgan fingerprint density at radius 2 is 2.14 bits per heavy atom. The van der Waals surface area contributed by atoms with Gasteiger partial charge in [0.05, 0.1) is 13.2 Å². The van der Waals surface area contributed by atoms with Crippen molar-refractivity contribution >= 4 is 5.91 Å². The summed E-state index contributed by atoms with van der Waals surface area (Å²) in [5, 5.41) is 12.5. The molecule has 2 atom stereocenters. The van der Waals surface area contributed by atoms with E-state index in [2.05, 4.69) is 36.2 Å². The second-order valence-electron chi connectivity index (χ2n) is 6.32. The molecule has 0 saturated carbocycles. The lowest BCUT2D eigenvalue weighted by atomic mass is 9.97. The van der Waals surface area contributed by atoms with Gasteiger partial charge < -0.3 is 10.4 Å². The Kier molecular flexibility index (Phi) is 6.40. The fourth-order valence-electron chi connectivity index (χ4n) is 3.27. The summed E-state index contributed by atoms with van der Waals surface area (Å²) in [6, 6.07) is 8.77. The minimum atomic E-state index is 0.0563. The predicted octanol–water partition coefficient (Wildman–Crippen LogP) is 1.89. The Hall–Kier alpha value is -1.39. The molecule has 1 heterocycles. The zero-order chi connectivity index (χ0) is 15.9. The van der Waals surface area contributed by atoms with E-state index in [4.69, 9.17) is 0 Å². The summed E-state index contributed by atoms with van der Waals surface area (Å²) in [5.74, 6) is 0.0563. The molecule has 1 amide bonds. The smallest absolute Gasteiger partial charge is 0.234 e. The first-order valence-electron chi connectivity index (χ1n) is 8.29. The molecule has 22 heavy (non-hydrogen) atoms. The molecule has 0 bridgehead atoms. The van der Waals surface area contributed by atoms with Crippen LogP contribution in [-0.4, -0.2) is 47.7 Å². The zero-order valence-electron chi connectivity index (χ0n) is 13.7. The van der Waals surface area contributed by atoms with Crippen LogP contribution in [0.3, 0.4) is 0 Å². The minimum Gasteiger partial charge on any atom is -0.395 e. The summed E-state index contributed by atoms with van der Waals surface area (Å²) in [6.07, 6.45) is 4.08. The Labute approximate surface area is 133 Å². The second-order valence-corrected chi connectivity index (χ2v) is 6.32. The van der Waals surface area contributed by atoms with Gasteiger partial charge in [0.1, 0.15) is 0 Å². The third-order valence-electron chi connectivity index (χ3n) is 4.71. The number of aliphatic hydroxyl groups excluding tert-OH is 1. The van der Waals surface area contributed by atoms with Gasteiger partial charge in [-0.15, -0.1) is 0 Å². The molecule has 122 valence electrons. The Balaban J connectivity index is 1.78. The predicted molar refractivity (Wildman–Crippen MR) is 88.8 cm³/mol. The number of likely N-dealkylation sites (tertiary alicyclic amines) is 1. The maximum Gasteiger partial charge on any atom is 0.234 e. The first kappa shape index (κ1) is 17.0. The third-order valence-corrected chi connectivity index (χ3v) is 4.71. The average Bonchev–Trinajstić information content (AvgIpc) is 2.51. The Bertz CT molecular complexity index is 490. The van der Waals surface area contributed by atoms with E-state index in [0.29, 0.717) is 19.1 Å². The van der Waals surface area contributed by atoms with E-state index < -0.39 is 0 Å². The van der Waals surface area contributed by atoms with Crippen LogP contribution in [0, 0.1) is 6.92 Å². The van der Waals surface area contributed by atoms with Gasteiger partial charge in [-0.1, -0.05) is 30.7 Å². The van der Waals surface area contributed by atoms with Crippen molar-refractivity contribution in [3.63, 3.8) is 0 Å². The highest BCUT2D eigenvalue weighted by molar-refractivity contribution is 5.78. The van der Waals surface area contributed by atoms with Crippen LogP contribution in [0.5, 0.6) is 0 Å². The molecule has 1 fully saturated rings. The minimum absolute atomic E-state index is 0.0563. The fraction of sp³-hybridized carbons (Fsp3) is 0.611. The number of aliphatic hydroxyl groups is 1. The van der Waals surface area contributed by atoms with Gasteiger partial charge in [-0.3, -0.25) is 9.69 Å². The summed E-state index contributed by atoms with van der Waals surface area (Å²) in [6.45, 7) is 5.43. The van der Waals surface area contributed by atoms with Crippen molar-refractivity contribution in [2.45, 2.75) is 51.6 Å². The first-order chi connectivity index (χ1) is 10.6. The maximum absolute atomic E-state index is 12.2. The number of carbonyl (C=O) groups excluding carboxylic acids is 1. The number of amides is 1. The van der Waals surface area contributed by atoms with E-state index in [1.165, 1.54) is 11.1 Å². The molecule has 1 saturated heterocycles. The molecule has 0 aromatic heterocycles. The molecule has 0 radical (unpaired) electrons. The van der Waals surface area contributed by atoms with Crippen molar-refractivity contribution in [1.29, 1.82) is 0 Å². The van der Waals surface area contributed by atoms with Crippen LogP contribution in [0.2, 0.25) is 0 Å². The van der Waals surface area contributed by atoms with E-state index in [1.807, 2.05) is 12.1 Å². The van der Waals surface area contributed by atoms with Crippen molar-refractivity contribution in [2.24, 2.45) is 0 Å². The fourth-order valence-corrected chi connectivity index (χ4v) is 3.27. The van der Waals surface area contributed by atoms with Crippen LogP contribution in [0.25, 0.3) is 0 Å². The largest absolute Gasteiger partial charge is 0.395 e. The molecule has 1 aromatic rings. The number of nitrogens with one attached hydrogen (secondary N) is 1. The van der Waals surface area contributed by atoms with E-state index in [-0.39, 0.29) is 18.6 Å². The number of benzene rings is 1. The summed E-state index contributed by atoms with van der Waals surface area (Å²) in [5.41, 5.74) is 2.55. The van der Waals surface area contributed by atoms with Gasteiger partial charge >= 0.3 is 0 Å². The van der Waals surface area contributed by atoms with Crippen LogP contribution in [0.4, 0.5) is 0 Å². The number of aryl methyl sites for hydroxylation is 1. The van der Waals surface area contributed by atoms with Gasteiger partial charge in [0.2, 0.25) is 5.91 Å². The normalized spacial score (nSPS) is 22.5. The summed E-state index contributed by atoms with van der Waals surface area (Å²) >= 11 is 0. The van der Waals surface area contributed by atoms with Gasteiger partial charge in [0.15, 0.2) is 0 Å². The molecule has 0 aliphatic carbocycles. The Morgan fingerprint density at radius 3 is 2.86 bits per heavy atom. The zero-order valence-corrected chi connectivity index (χ0v) is 13.7. The van der Waals surface area contributed by atoms with Crippen LogP contribution < -0.4 is 5.32 Å². The number of piperidine rings is 1. The lowest BCUT2D eigenvalue weighted by molar-refractivity contribution is -0.124. The lowest BCUT2D eigenvalue weighted by Gasteiger charge is -2.39. The van der Waals surface area contributed by atoms with Crippen molar-refractivity contribution in [2.75, 3.05) is 19.7 Å². The third kappa shape index (κ3) is 4.55. The van der Waals surface area contributed by atoms with Gasteiger partial charge in [-0.05, 0) is 44.2 Å². The second kappa shape index (κ2) is 8.30. The number of rotatable bonds is 6. The van der Waals surface area contributed by atoms with Crippen LogP contribution in [0.1, 0.15) is 37.3 Å². The summed E-state index contributed by atoms with van der Waals surface area (Å²) in [4.78, 5) is 14.3. The summed E-state index contributed by atoms with van der Waals surface area (Å²) in [7, 11) is 0. The average molecular weight is 304 g/mol. The monoisotopic (exact) mass is 304 g/mol. The quantitative estimate of drug-likeness (QED) is 0.844. The van der Waals surface area contributed by atoms with Gasteiger partial charge in [-0.25, -0.2) is 0 Å². The standard InChI is InChI=1S/C18H28N2O2/c1-14-6-3-4-8-16(14)10-11-19-18(22)12-20-15(2)7-5-9-17(20)13-21/h3-4,6,8,15,17,21H,5,7,9-13H2,1-2H3,(H,19,22). The van der Waals surface area contributed by atoms with Crippen molar-refractivity contribution in [3.05, 3.63) is 35.4 Å². The molecule has 4 heteroatoms. The highest BCUT2D eigenvalue weighted by atomic mass is 16.3. The Morgan fingerprint density at radius 1 is 1.36 bits per heavy atom. The molecule has 2 N–H and O–H groups in total. The number of hydrogen-bond donors (Lipinski definition) is 2. The summed E-state index contributed by atoms with van der Waals surface area (Å²) < 4.78 is 0. The topological polar surface area (TPSA) is 52.6 Å². The lowest BCUT2D eigenvalue weighted by Crippen LogP contribution is -2.51. The van der Waals surface area contributed by atoms with Crippen LogP contribution >= 0.6 is 0 Å². The first-order valence-corrected chi connectivity index (χ1v) is 8.29. The van der Waals surface area contributed by atoms with Crippen molar-refractivity contribution in [1.82, 2.24) is 10.2 Å². The molecule has 2 unspecified atom stereocenters. The highest BCUT2D eigenvalue weighted by Gasteiger charge is 2.28. The maximum atomic E-state index is 12.2. The number of nitrogens with zero attached hydrogens (tertiary/aromatic N) is 1. The molecule has 0 spiro atoms. The molecule has 2 rings (SSSR count). The van der Waals surface area contributed by atoms with E-state index in [1.54, 1.807) is 0 Å². The van der Waals surface area contributed by atoms with E-state index >= 15 is 0 Å². The molecule has 4 nitrogen and oxygen atoms in total.